The highest BCUT2D eigenvalue weighted by Crippen LogP contribution is 2.26. The lowest BCUT2D eigenvalue weighted by molar-refractivity contribution is -0.126. The van der Waals surface area contributed by atoms with Crippen LogP contribution in [0.5, 0.6) is 0 Å². The molecule has 1 saturated heterocycles. The summed E-state index contributed by atoms with van der Waals surface area (Å²) in [7, 11) is -4.29. The zero-order valence-corrected chi connectivity index (χ0v) is 27.3. The molecule has 254 valence electrons. The lowest BCUT2D eigenvalue weighted by Gasteiger charge is -2.29. The van der Waals surface area contributed by atoms with Crippen LogP contribution in [0.4, 0.5) is 4.79 Å². The van der Waals surface area contributed by atoms with E-state index in [2.05, 4.69) is 15.6 Å². The van der Waals surface area contributed by atoms with Gasteiger partial charge in [0.1, 0.15) is 5.52 Å². The average Bonchev–Trinajstić information content (AvgIpc) is 3.55. The molecule has 0 radical (unpaired) electrons. The summed E-state index contributed by atoms with van der Waals surface area (Å²) >= 11 is 0. The number of nitrogens with one attached hydrogen (secondary N) is 2. The fourth-order valence-corrected chi connectivity index (χ4v) is 7.47. The second-order valence-corrected chi connectivity index (χ2v) is 13.9. The van der Waals surface area contributed by atoms with Crippen LogP contribution in [0.3, 0.4) is 0 Å². The number of fused-ring (bicyclic) bond motifs is 1. The maximum Gasteiger partial charge on any atom is 0.407 e. The van der Waals surface area contributed by atoms with E-state index in [0.29, 0.717) is 16.7 Å². The summed E-state index contributed by atoms with van der Waals surface area (Å²) in [6.45, 7) is -0.311. The minimum Gasteiger partial charge on any atom is -0.465 e. The summed E-state index contributed by atoms with van der Waals surface area (Å²) in [5.41, 5.74) is 1.98. The van der Waals surface area contributed by atoms with Gasteiger partial charge < -0.3 is 25.1 Å². The minimum atomic E-state index is -4.29. The Morgan fingerprint density at radius 1 is 0.959 bits per heavy atom. The molecule has 13 nitrogen and oxygen atoms in total. The molecule has 2 atom stereocenters. The SMILES string of the molecule is N#Cc1ccccc1CS(=O)(=O)C(CNC(=O)C1CCN(C(=O)O)CC1)C(=O)NCCC(C(=O)c1nc2ccccc2o1)c1ccccc1. The molecule has 3 amide bonds. The van der Waals surface area contributed by atoms with Gasteiger partial charge in [-0.25, -0.2) is 18.2 Å². The molecule has 5 rings (SSSR count). The number of ketones is 1. The van der Waals surface area contributed by atoms with Crippen molar-refractivity contribution >= 4 is 44.6 Å². The predicted molar refractivity (Wildman–Crippen MR) is 178 cm³/mol. The Bertz CT molecular complexity index is 1950. The van der Waals surface area contributed by atoms with Crippen LogP contribution in [0.15, 0.2) is 83.3 Å². The first-order valence-corrected chi connectivity index (χ1v) is 17.5. The summed E-state index contributed by atoms with van der Waals surface area (Å²) in [6, 6.07) is 24.0. The highest BCUT2D eigenvalue weighted by atomic mass is 32.2. The second-order valence-electron chi connectivity index (χ2n) is 11.7. The van der Waals surface area contributed by atoms with E-state index in [0.717, 1.165) is 0 Å². The lowest BCUT2D eigenvalue weighted by Crippen LogP contribution is -2.50. The first kappa shape index (κ1) is 34.8. The van der Waals surface area contributed by atoms with Crippen molar-refractivity contribution in [1.82, 2.24) is 20.5 Å². The number of nitrogens with zero attached hydrogens (tertiary/aromatic N) is 3. The molecular weight excluding hydrogens is 650 g/mol. The predicted octanol–water partition coefficient (Wildman–Crippen LogP) is 3.66. The number of carboxylic acid groups (broad SMARTS) is 1. The van der Waals surface area contributed by atoms with Crippen LogP contribution in [-0.2, 0) is 25.2 Å². The molecule has 14 heteroatoms. The molecule has 0 spiro atoms. The van der Waals surface area contributed by atoms with Crippen LogP contribution >= 0.6 is 0 Å². The van der Waals surface area contributed by atoms with Crippen LogP contribution in [-0.4, -0.2) is 78.5 Å². The van der Waals surface area contributed by atoms with Gasteiger partial charge in [0.25, 0.3) is 5.89 Å². The van der Waals surface area contributed by atoms with Crippen LogP contribution in [0.1, 0.15) is 52.6 Å². The van der Waals surface area contributed by atoms with Crippen molar-refractivity contribution in [2.24, 2.45) is 5.92 Å². The van der Waals surface area contributed by atoms with E-state index >= 15 is 0 Å². The van der Waals surface area contributed by atoms with E-state index < -0.39 is 62.9 Å². The number of amides is 3. The number of aromatic nitrogens is 1. The van der Waals surface area contributed by atoms with E-state index in [4.69, 9.17) is 4.42 Å². The Kier molecular flexibility index (Phi) is 11.0. The molecule has 0 bridgehead atoms. The highest BCUT2D eigenvalue weighted by molar-refractivity contribution is 7.92. The fourth-order valence-electron chi connectivity index (χ4n) is 5.84. The van der Waals surface area contributed by atoms with Crippen LogP contribution in [0.2, 0.25) is 0 Å². The molecule has 3 aromatic carbocycles. The number of benzene rings is 3. The Morgan fingerprint density at radius 2 is 1.63 bits per heavy atom. The minimum absolute atomic E-state index is 0.0881. The van der Waals surface area contributed by atoms with Crippen molar-refractivity contribution in [1.29, 1.82) is 5.26 Å². The van der Waals surface area contributed by atoms with Crippen LogP contribution in [0.25, 0.3) is 11.1 Å². The van der Waals surface area contributed by atoms with Gasteiger partial charge in [0.15, 0.2) is 20.7 Å². The summed E-state index contributed by atoms with van der Waals surface area (Å²) < 4.78 is 33.2. The van der Waals surface area contributed by atoms with Crippen molar-refractivity contribution in [2.75, 3.05) is 26.2 Å². The van der Waals surface area contributed by atoms with Crippen molar-refractivity contribution in [3.05, 3.63) is 101 Å². The average molecular weight is 686 g/mol. The summed E-state index contributed by atoms with van der Waals surface area (Å²) in [4.78, 5) is 57.1. The topological polar surface area (TPSA) is 200 Å². The standard InChI is InChI=1S/C35H35N5O8S/c36-20-25-10-4-5-11-26(25)22-49(46,47)30(21-38-32(42)24-15-18-40(19-16-24)35(44)45)33(43)37-17-14-27(23-8-2-1-3-9-23)31(41)34-39-28-12-6-7-13-29(28)48-34/h1-13,24,27,30H,14-19,21-22H2,(H,37,43)(H,38,42)(H,44,45). The number of hydrogen-bond acceptors (Lipinski definition) is 9. The molecule has 1 aliphatic rings. The number of sulfone groups is 1. The van der Waals surface area contributed by atoms with E-state index in [-0.39, 0.29) is 55.9 Å². The van der Waals surface area contributed by atoms with Crippen molar-refractivity contribution in [3.63, 3.8) is 0 Å². The van der Waals surface area contributed by atoms with Crippen molar-refractivity contribution in [3.8, 4) is 6.07 Å². The Balaban J connectivity index is 1.31. The number of hydrogen-bond donors (Lipinski definition) is 3. The molecule has 1 fully saturated rings. The molecule has 0 aliphatic carbocycles. The third kappa shape index (κ3) is 8.49. The molecule has 1 aliphatic heterocycles. The van der Waals surface area contributed by atoms with Gasteiger partial charge in [-0.1, -0.05) is 60.7 Å². The van der Waals surface area contributed by atoms with E-state index in [9.17, 15) is 38.0 Å². The molecule has 4 aromatic rings. The molecule has 2 heterocycles. The fraction of sp³-hybridized carbons (Fsp3) is 0.314. The second kappa shape index (κ2) is 15.6. The number of para-hydroxylation sites is 2. The molecule has 49 heavy (non-hydrogen) atoms. The number of nitriles is 1. The van der Waals surface area contributed by atoms with E-state index in [1.54, 1.807) is 66.7 Å². The molecule has 0 saturated carbocycles. The number of oxazole rings is 1. The van der Waals surface area contributed by atoms with Gasteiger partial charge >= 0.3 is 6.09 Å². The zero-order chi connectivity index (χ0) is 35.0. The maximum atomic E-state index is 13.7. The number of Topliss-reactive ketones (excluding diaryl/α,β-unsaturated/α-hetero) is 1. The molecule has 3 N–H and O–H groups in total. The van der Waals surface area contributed by atoms with Gasteiger partial charge in [-0.15, -0.1) is 0 Å². The van der Waals surface area contributed by atoms with E-state index in [1.165, 1.54) is 17.0 Å². The smallest absolute Gasteiger partial charge is 0.407 e. The molecule has 1 aromatic heterocycles. The van der Waals surface area contributed by atoms with Crippen LogP contribution < -0.4 is 10.6 Å². The van der Waals surface area contributed by atoms with Gasteiger partial charge in [0.05, 0.1) is 23.3 Å². The van der Waals surface area contributed by atoms with Crippen LogP contribution in [0, 0.1) is 17.2 Å². The normalized spacial score (nSPS) is 14.8. The summed E-state index contributed by atoms with van der Waals surface area (Å²) in [6.07, 6.45) is -0.478. The largest absolute Gasteiger partial charge is 0.465 e. The lowest BCUT2D eigenvalue weighted by atomic mass is 9.91. The number of rotatable bonds is 13. The number of carbonyl (C=O) groups is 4. The van der Waals surface area contributed by atoms with Gasteiger partial charge in [-0.3, -0.25) is 14.4 Å². The number of piperidine rings is 1. The number of likely N-dealkylation sites (tertiary alicyclic amines) is 1. The van der Waals surface area contributed by atoms with Gasteiger partial charge in [0.2, 0.25) is 17.6 Å². The first-order chi connectivity index (χ1) is 23.6. The first-order valence-electron chi connectivity index (χ1n) is 15.7. The Hall–Kier alpha value is -5.55. The maximum absolute atomic E-state index is 13.7. The Morgan fingerprint density at radius 3 is 2.33 bits per heavy atom. The van der Waals surface area contributed by atoms with Gasteiger partial charge in [-0.05, 0) is 48.6 Å². The summed E-state index contributed by atoms with van der Waals surface area (Å²) in [5.74, 6) is -3.80. The third-order valence-corrected chi connectivity index (χ3v) is 10.5. The number of carbonyl (C=O) groups excluding carboxylic acids is 3. The quantitative estimate of drug-likeness (QED) is 0.175. The Labute approximate surface area is 282 Å². The van der Waals surface area contributed by atoms with Gasteiger partial charge in [-0.2, -0.15) is 5.26 Å². The van der Waals surface area contributed by atoms with Crippen molar-refractivity contribution in [2.45, 2.75) is 36.2 Å². The third-order valence-electron chi connectivity index (χ3n) is 8.57. The highest BCUT2D eigenvalue weighted by Gasteiger charge is 2.35. The molecular formula is C35H35N5O8S. The molecule has 2 unspecified atom stereocenters. The summed E-state index contributed by atoms with van der Waals surface area (Å²) in [5, 5.41) is 22.2. The van der Waals surface area contributed by atoms with Crippen molar-refractivity contribution < 1.29 is 37.1 Å². The monoisotopic (exact) mass is 685 g/mol. The van der Waals surface area contributed by atoms with E-state index in [1.807, 2.05) is 6.07 Å². The van der Waals surface area contributed by atoms with Gasteiger partial charge in [0, 0.05) is 32.1 Å². The zero-order valence-electron chi connectivity index (χ0n) is 26.4.